The van der Waals surface area contributed by atoms with Crippen molar-refractivity contribution in [2.45, 2.75) is 52.4 Å². The third-order valence-corrected chi connectivity index (χ3v) is 4.78. The van der Waals surface area contributed by atoms with Crippen molar-refractivity contribution in [3.63, 3.8) is 0 Å². The van der Waals surface area contributed by atoms with Crippen LogP contribution in [-0.2, 0) is 0 Å². The van der Waals surface area contributed by atoms with Crippen molar-refractivity contribution >= 4 is 29.9 Å². The van der Waals surface area contributed by atoms with E-state index in [4.69, 9.17) is 0 Å². The van der Waals surface area contributed by atoms with Crippen molar-refractivity contribution in [2.24, 2.45) is 16.3 Å². The molecule has 0 radical (unpaired) electrons. The van der Waals surface area contributed by atoms with Gasteiger partial charge in [-0.15, -0.1) is 24.0 Å². The van der Waals surface area contributed by atoms with E-state index in [0.29, 0.717) is 5.41 Å². The van der Waals surface area contributed by atoms with E-state index in [-0.39, 0.29) is 24.0 Å². The highest BCUT2D eigenvalue weighted by molar-refractivity contribution is 14.0. The number of hydrogen-bond acceptors (Lipinski definition) is 1. The van der Waals surface area contributed by atoms with Gasteiger partial charge in [-0.1, -0.05) is 26.7 Å². The molecule has 1 aliphatic carbocycles. The summed E-state index contributed by atoms with van der Waals surface area (Å²) >= 11 is 0. The molecule has 4 heteroatoms. The van der Waals surface area contributed by atoms with Gasteiger partial charge in [0.2, 0.25) is 0 Å². The Labute approximate surface area is 135 Å². The highest BCUT2D eigenvalue weighted by Gasteiger charge is 2.29. The highest BCUT2D eigenvalue weighted by Crippen LogP contribution is 2.36. The fourth-order valence-electron chi connectivity index (χ4n) is 3.25. The van der Waals surface area contributed by atoms with E-state index in [1.165, 1.54) is 38.5 Å². The highest BCUT2D eigenvalue weighted by atomic mass is 127. The van der Waals surface area contributed by atoms with E-state index in [1.807, 2.05) is 7.05 Å². The molecule has 112 valence electrons. The minimum atomic E-state index is 0. The van der Waals surface area contributed by atoms with Crippen molar-refractivity contribution in [2.75, 3.05) is 26.7 Å². The molecule has 2 fully saturated rings. The third kappa shape index (κ3) is 4.80. The van der Waals surface area contributed by atoms with E-state index in [1.54, 1.807) is 0 Å². The summed E-state index contributed by atoms with van der Waals surface area (Å²) in [4.78, 5) is 6.89. The zero-order valence-electron chi connectivity index (χ0n) is 12.7. The standard InChI is InChI=1S/C15H29N3.HI/c1-13-6-10-18(11-7-13)14(16-3)17-12-15(2)8-4-5-9-15;/h13H,4-12H2,1-3H3,(H,16,17);1H. The van der Waals surface area contributed by atoms with Gasteiger partial charge in [-0.25, -0.2) is 0 Å². The van der Waals surface area contributed by atoms with E-state index in [9.17, 15) is 0 Å². The fourth-order valence-corrected chi connectivity index (χ4v) is 3.25. The lowest BCUT2D eigenvalue weighted by Crippen LogP contribution is -2.47. The van der Waals surface area contributed by atoms with Crippen LogP contribution in [0.4, 0.5) is 0 Å². The van der Waals surface area contributed by atoms with Gasteiger partial charge >= 0.3 is 0 Å². The molecule has 1 aliphatic heterocycles. The van der Waals surface area contributed by atoms with E-state index in [2.05, 4.69) is 29.1 Å². The summed E-state index contributed by atoms with van der Waals surface area (Å²) in [7, 11) is 1.91. The number of nitrogens with one attached hydrogen (secondary N) is 1. The lowest BCUT2D eigenvalue weighted by molar-refractivity contribution is 0.265. The predicted octanol–water partition coefficient (Wildman–Crippen LogP) is 3.49. The van der Waals surface area contributed by atoms with Crippen LogP contribution >= 0.6 is 24.0 Å². The summed E-state index contributed by atoms with van der Waals surface area (Å²) in [6, 6.07) is 0. The Balaban J connectivity index is 0.00000180. The number of halogens is 1. The number of hydrogen-bond donors (Lipinski definition) is 1. The maximum Gasteiger partial charge on any atom is 0.193 e. The molecule has 1 N–H and O–H groups in total. The topological polar surface area (TPSA) is 27.6 Å². The van der Waals surface area contributed by atoms with Crippen molar-refractivity contribution in [1.29, 1.82) is 0 Å². The summed E-state index contributed by atoms with van der Waals surface area (Å²) in [6.45, 7) is 8.19. The summed E-state index contributed by atoms with van der Waals surface area (Å²) in [6.07, 6.45) is 8.15. The molecule has 1 heterocycles. The Bertz CT molecular complexity index is 290. The van der Waals surface area contributed by atoms with Crippen molar-refractivity contribution < 1.29 is 0 Å². The average molecular weight is 379 g/mol. The molecular weight excluding hydrogens is 349 g/mol. The first-order chi connectivity index (χ1) is 8.63. The molecule has 2 aliphatic rings. The zero-order valence-corrected chi connectivity index (χ0v) is 15.1. The second-order valence-electron chi connectivity index (χ2n) is 6.59. The Kier molecular flexibility index (Phi) is 6.91. The summed E-state index contributed by atoms with van der Waals surface area (Å²) in [5, 5.41) is 3.61. The second kappa shape index (κ2) is 7.70. The molecule has 0 aromatic heterocycles. The molecule has 0 spiro atoms. The van der Waals surface area contributed by atoms with Crippen molar-refractivity contribution in [3.8, 4) is 0 Å². The molecule has 1 saturated heterocycles. The van der Waals surface area contributed by atoms with Crippen LogP contribution in [0, 0.1) is 11.3 Å². The number of likely N-dealkylation sites (tertiary alicyclic amines) is 1. The number of rotatable bonds is 2. The van der Waals surface area contributed by atoms with Crippen LogP contribution in [0.2, 0.25) is 0 Å². The summed E-state index contributed by atoms with van der Waals surface area (Å²) < 4.78 is 0. The molecule has 0 aromatic carbocycles. The van der Waals surface area contributed by atoms with Gasteiger partial charge in [0.25, 0.3) is 0 Å². The molecule has 1 saturated carbocycles. The van der Waals surface area contributed by atoms with Gasteiger partial charge in [0, 0.05) is 26.7 Å². The largest absolute Gasteiger partial charge is 0.356 e. The number of aliphatic imine (C=N–C) groups is 1. The Morgan fingerprint density at radius 2 is 1.84 bits per heavy atom. The van der Waals surface area contributed by atoms with Crippen LogP contribution in [0.1, 0.15) is 52.4 Å². The minimum Gasteiger partial charge on any atom is -0.356 e. The second-order valence-corrected chi connectivity index (χ2v) is 6.59. The Morgan fingerprint density at radius 3 is 2.37 bits per heavy atom. The summed E-state index contributed by atoms with van der Waals surface area (Å²) in [5.41, 5.74) is 0.499. The first-order valence-electron chi connectivity index (χ1n) is 7.58. The molecule has 0 unspecified atom stereocenters. The predicted molar refractivity (Wildman–Crippen MR) is 93.3 cm³/mol. The molecule has 19 heavy (non-hydrogen) atoms. The van der Waals surface area contributed by atoms with Gasteiger partial charge in [0.1, 0.15) is 0 Å². The first kappa shape index (κ1) is 17.1. The number of guanidine groups is 1. The van der Waals surface area contributed by atoms with E-state index >= 15 is 0 Å². The van der Waals surface area contributed by atoms with Gasteiger partial charge in [0.05, 0.1) is 0 Å². The van der Waals surface area contributed by atoms with Gasteiger partial charge in [-0.2, -0.15) is 0 Å². The Morgan fingerprint density at radius 1 is 1.26 bits per heavy atom. The fraction of sp³-hybridized carbons (Fsp3) is 0.933. The van der Waals surface area contributed by atoms with Gasteiger partial charge < -0.3 is 10.2 Å². The molecule has 2 rings (SSSR count). The van der Waals surface area contributed by atoms with Crippen molar-refractivity contribution in [1.82, 2.24) is 10.2 Å². The van der Waals surface area contributed by atoms with Crippen LogP contribution in [0.25, 0.3) is 0 Å². The molecule has 3 nitrogen and oxygen atoms in total. The van der Waals surface area contributed by atoms with Crippen LogP contribution < -0.4 is 5.32 Å². The smallest absolute Gasteiger partial charge is 0.193 e. The lowest BCUT2D eigenvalue weighted by atomic mass is 9.89. The Hall–Kier alpha value is 0. The minimum absolute atomic E-state index is 0. The average Bonchev–Trinajstić information content (AvgIpc) is 2.79. The monoisotopic (exact) mass is 379 g/mol. The third-order valence-electron chi connectivity index (χ3n) is 4.78. The molecule has 0 amide bonds. The SMILES string of the molecule is CN=C(NCC1(C)CCCC1)N1CCC(C)CC1.I. The zero-order chi connectivity index (χ0) is 13.0. The number of nitrogens with zero attached hydrogens (tertiary/aromatic N) is 2. The van der Waals surface area contributed by atoms with Crippen LogP contribution in [0.5, 0.6) is 0 Å². The van der Waals surface area contributed by atoms with Crippen LogP contribution in [0.15, 0.2) is 4.99 Å². The molecule has 0 bridgehead atoms. The quantitative estimate of drug-likeness (QED) is 0.452. The molecular formula is C15H30IN3. The molecule has 0 atom stereocenters. The maximum absolute atomic E-state index is 4.46. The maximum atomic E-state index is 4.46. The lowest BCUT2D eigenvalue weighted by Gasteiger charge is -2.34. The summed E-state index contributed by atoms with van der Waals surface area (Å²) in [5.74, 6) is 2.00. The molecule has 0 aromatic rings. The van der Waals surface area contributed by atoms with Crippen LogP contribution in [0.3, 0.4) is 0 Å². The van der Waals surface area contributed by atoms with E-state index < -0.39 is 0 Å². The number of piperidine rings is 1. The van der Waals surface area contributed by atoms with Crippen LogP contribution in [-0.4, -0.2) is 37.5 Å². The van der Waals surface area contributed by atoms with Crippen molar-refractivity contribution in [3.05, 3.63) is 0 Å². The van der Waals surface area contributed by atoms with Gasteiger partial charge in [-0.3, -0.25) is 4.99 Å². The first-order valence-corrected chi connectivity index (χ1v) is 7.58. The van der Waals surface area contributed by atoms with E-state index in [0.717, 1.165) is 31.5 Å². The van der Waals surface area contributed by atoms with Gasteiger partial charge in [0.15, 0.2) is 5.96 Å². The van der Waals surface area contributed by atoms with Gasteiger partial charge in [-0.05, 0) is 37.0 Å². The normalized spacial score (nSPS) is 24.2.